The first-order valence-electron chi connectivity index (χ1n) is 9.60. The molecule has 0 bridgehead atoms. The second kappa shape index (κ2) is 7.10. The summed E-state index contributed by atoms with van der Waals surface area (Å²) in [5.41, 5.74) is 7.20. The van der Waals surface area contributed by atoms with Gasteiger partial charge in [-0.25, -0.2) is 14.8 Å². The molecule has 1 atom stereocenters. The van der Waals surface area contributed by atoms with Crippen molar-refractivity contribution < 1.29 is 19.4 Å². The van der Waals surface area contributed by atoms with Crippen molar-refractivity contribution in [3.8, 4) is 11.6 Å². The van der Waals surface area contributed by atoms with Crippen LogP contribution in [-0.4, -0.2) is 48.1 Å². The molecule has 3 aromatic rings. The molecule has 9 nitrogen and oxygen atoms in total. The van der Waals surface area contributed by atoms with Crippen molar-refractivity contribution in [3.05, 3.63) is 48.0 Å². The minimum atomic E-state index is -1.04. The van der Waals surface area contributed by atoms with Crippen LogP contribution in [0.3, 0.4) is 0 Å². The first-order chi connectivity index (χ1) is 14.1. The topological polar surface area (TPSA) is 124 Å². The van der Waals surface area contributed by atoms with E-state index in [2.05, 4.69) is 9.97 Å². The lowest BCUT2D eigenvalue weighted by Gasteiger charge is -2.37. The number of nitrogens with zero attached hydrogens (tertiary/aromatic N) is 4. The van der Waals surface area contributed by atoms with Crippen molar-refractivity contribution >= 4 is 22.9 Å². The minimum Gasteiger partial charge on any atom is -0.464 e. The maximum atomic E-state index is 12.7. The SMILES string of the molecule is C[C@H]1Cc2c(ncnc2Oc2ccc3c(ccn3C(=O)O)c2)CN1C(=O)C(C)(C)N. The highest BCUT2D eigenvalue weighted by atomic mass is 16.5. The fourth-order valence-electron chi connectivity index (χ4n) is 3.69. The maximum Gasteiger partial charge on any atom is 0.415 e. The van der Waals surface area contributed by atoms with Gasteiger partial charge in [-0.3, -0.25) is 9.36 Å². The Hall–Kier alpha value is -3.46. The van der Waals surface area contributed by atoms with Gasteiger partial charge in [-0.05, 0) is 51.5 Å². The first kappa shape index (κ1) is 19.8. The van der Waals surface area contributed by atoms with Gasteiger partial charge >= 0.3 is 6.09 Å². The smallest absolute Gasteiger partial charge is 0.415 e. The summed E-state index contributed by atoms with van der Waals surface area (Å²) in [6.45, 7) is 5.69. The molecule has 3 heterocycles. The van der Waals surface area contributed by atoms with Gasteiger partial charge in [0.15, 0.2) is 0 Å². The lowest BCUT2D eigenvalue weighted by atomic mass is 9.96. The quantitative estimate of drug-likeness (QED) is 0.682. The summed E-state index contributed by atoms with van der Waals surface area (Å²) >= 11 is 0. The molecule has 1 aromatic carbocycles. The van der Waals surface area contributed by atoms with Crippen LogP contribution in [0.15, 0.2) is 36.8 Å². The van der Waals surface area contributed by atoms with Crippen LogP contribution in [0.25, 0.3) is 10.9 Å². The van der Waals surface area contributed by atoms with Crippen LogP contribution in [0.4, 0.5) is 4.79 Å². The van der Waals surface area contributed by atoms with E-state index in [4.69, 9.17) is 10.5 Å². The number of nitrogens with two attached hydrogens (primary N) is 1. The molecule has 156 valence electrons. The molecule has 2 aromatic heterocycles. The highest BCUT2D eigenvalue weighted by Crippen LogP contribution is 2.32. The predicted octanol–water partition coefficient (Wildman–Crippen LogP) is 2.76. The van der Waals surface area contributed by atoms with Crippen molar-refractivity contribution in [1.29, 1.82) is 0 Å². The lowest BCUT2D eigenvalue weighted by Crippen LogP contribution is -2.55. The third kappa shape index (κ3) is 3.48. The molecule has 1 aliphatic rings. The van der Waals surface area contributed by atoms with Crippen molar-refractivity contribution in [2.24, 2.45) is 5.73 Å². The lowest BCUT2D eigenvalue weighted by molar-refractivity contribution is -0.139. The molecule has 4 rings (SSSR count). The standard InChI is InChI=1S/C21H23N5O4/c1-12-8-15-16(10-26(12)19(27)21(2,3)22)23-11-24-18(15)30-14-4-5-17-13(9-14)6-7-25(17)20(28)29/h4-7,9,11-12H,8,10,22H2,1-3H3,(H,28,29)/t12-/m0/s1. The number of amides is 1. The van der Waals surface area contributed by atoms with E-state index in [1.54, 1.807) is 43.0 Å². The number of fused-ring (bicyclic) bond motifs is 2. The Morgan fingerprint density at radius 1 is 1.27 bits per heavy atom. The third-order valence-electron chi connectivity index (χ3n) is 5.24. The van der Waals surface area contributed by atoms with Gasteiger partial charge in [0.05, 0.1) is 23.3 Å². The van der Waals surface area contributed by atoms with Gasteiger partial charge in [0, 0.05) is 23.2 Å². The van der Waals surface area contributed by atoms with E-state index in [1.807, 2.05) is 6.92 Å². The fourth-order valence-corrected chi connectivity index (χ4v) is 3.69. The molecule has 3 N–H and O–H groups in total. The highest BCUT2D eigenvalue weighted by Gasteiger charge is 2.35. The molecule has 0 saturated heterocycles. The molecule has 0 fully saturated rings. The van der Waals surface area contributed by atoms with Crippen molar-refractivity contribution in [3.63, 3.8) is 0 Å². The van der Waals surface area contributed by atoms with E-state index >= 15 is 0 Å². The second-order valence-electron chi connectivity index (χ2n) is 8.10. The van der Waals surface area contributed by atoms with Gasteiger partial charge in [0.25, 0.3) is 0 Å². The third-order valence-corrected chi connectivity index (χ3v) is 5.24. The van der Waals surface area contributed by atoms with Crippen LogP contribution >= 0.6 is 0 Å². The molecular weight excluding hydrogens is 386 g/mol. The monoisotopic (exact) mass is 409 g/mol. The Morgan fingerprint density at radius 3 is 2.73 bits per heavy atom. The second-order valence-corrected chi connectivity index (χ2v) is 8.10. The molecule has 9 heteroatoms. The summed E-state index contributed by atoms with van der Waals surface area (Å²) in [4.78, 5) is 34.3. The average molecular weight is 409 g/mol. The molecule has 1 amide bonds. The van der Waals surface area contributed by atoms with Gasteiger partial charge < -0.3 is 20.5 Å². The summed E-state index contributed by atoms with van der Waals surface area (Å²) < 4.78 is 7.18. The largest absolute Gasteiger partial charge is 0.464 e. The average Bonchev–Trinajstić information content (AvgIpc) is 3.10. The van der Waals surface area contributed by atoms with E-state index in [9.17, 15) is 14.7 Å². The number of hydrogen-bond acceptors (Lipinski definition) is 6. The molecule has 0 aliphatic carbocycles. The number of rotatable bonds is 3. The number of benzene rings is 1. The Kier molecular flexibility index (Phi) is 4.70. The summed E-state index contributed by atoms with van der Waals surface area (Å²) in [6, 6.07) is 6.80. The van der Waals surface area contributed by atoms with Crippen LogP contribution < -0.4 is 10.5 Å². The van der Waals surface area contributed by atoms with E-state index in [0.29, 0.717) is 30.1 Å². The Balaban J connectivity index is 1.63. The van der Waals surface area contributed by atoms with Gasteiger partial charge in [0.2, 0.25) is 11.8 Å². The van der Waals surface area contributed by atoms with E-state index in [1.165, 1.54) is 12.5 Å². The van der Waals surface area contributed by atoms with Crippen molar-refractivity contribution in [1.82, 2.24) is 19.4 Å². The van der Waals surface area contributed by atoms with E-state index < -0.39 is 11.6 Å². The number of hydrogen-bond donors (Lipinski definition) is 2. The minimum absolute atomic E-state index is 0.0757. The molecular formula is C21H23N5O4. The fraction of sp³-hybridized carbons (Fsp3) is 0.333. The van der Waals surface area contributed by atoms with Crippen LogP contribution in [0.2, 0.25) is 0 Å². The Labute approximate surface area is 173 Å². The molecule has 1 aliphatic heterocycles. The Morgan fingerprint density at radius 2 is 2.03 bits per heavy atom. The van der Waals surface area contributed by atoms with Crippen LogP contribution in [0.1, 0.15) is 32.0 Å². The van der Waals surface area contributed by atoms with Crippen molar-refractivity contribution in [2.45, 2.75) is 45.3 Å². The van der Waals surface area contributed by atoms with Gasteiger partial charge in [-0.1, -0.05) is 0 Å². The van der Waals surface area contributed by atoms with Crippen molar-refractivity contribution in [2.75, 3.05) is 0 Å². The summed E-state index contributed by atoms with van der Waals surface area (Å²) in [6.07, 6.45) is 2.41. The number of carbonyl (C=O) groups excluding carboxylic acids is 1. The van der Waals surface area contributed by atoms with Gasteiger partial charge in [-0.2, -0.15) is 0 Å². The molecule has 0 unspecified atom stereocenters. The first-order valence-corrected chi connectivity index (χ1v) is 9.60. The van der Waals surface area contributed by atoms with Crippen LogP contribution in [0, 0.1) is 0 Å². The summed E-state index contributed by atoms with van der Waals surface area (Å²) in [5, 5.41) is 9.97. The van der Waals surface area contributed by atoms with E-state index in [0.717, 1.165) is 21.2 Å². The molecule has 0 saturated carbocycles. The molecule has 0 spiro atoms. The molecule has 0 radical (unpaired) electrons. The number of aromatic nitrogens is 3. The zero-order valence-electron chi connectivity index (χ0n) is 17.0. The van der Waals surface area contributed by atoms with Crippen LogP contribution in [0.5, 0.6) is 11.6 Å². The van der Waals surface area contributed by atoms with Gasteiger partial charge in [-0.15, -0.1) is 0 Å². The van der Waals surface area contributed by atoms with Gasteiger partial charge in [0.1, 0.15) is 12.1 Å². The zero-order chi connectivity index (χ0) is 21.6. The highest BCUT2D eigenvalue weighted by molar-refractivity contribution is 5.89. The van der Waals surface area contributed by atoms with E-state index in [-0.39, 0.29) is 11.9 Å². The zero-order valence-corrected chi connectivity index (χ0v) is 17.0. The summed E-state index contributed by atoms with van der Waals surface area (Å²) in [7, 11) is 0. The number of carbonyl (C=O) groups is 2. The Bertz CT molecular complexity index is 1150. The van der Waals surface area contributed by atoms with Crippen LogP contribution in [-0.2, 0) is 17.8 Å². The maximum absolute atomic E-state index is 12.7. The molecule has 30 heavy (non-hydrogen) atoms. The number of carboxylic acid groups (broad SMARTS) is 1. The predicted molar refractivity (Wildman–Crippen MR) is 109 cm³/mol. The number of ether oxygens (including phenoxy) is 1. The normalized spacial score (nSPS) is 16.4. The summed E-state index contributed by atoms with van der Waals surface area (Å²) in [5.74, 6) is 0.846.